The lowest BCUT2D eigenvalue weighted by atomic mass is 10.1. The smallest absolute Gasteiger partial charge is 0.272 e. The molecule has 0 radical (unpaired) electrons. The third kappa shape index (κ3) is 4.77. The Balaban J connectivity index is 2.27. The van der Waals surface area contributed by atoms with Crippen molar-refractivity contribution in [1.82, 2.24) is 0 Å². The molecule has 138 valence electrons. The number of sulfonamides is 1. The average molecular weight is 388 g/mol. The van der Waals surface area contributed by atoms with Crippen LogP contribution in [0.15, 0.2) is 52.5 Å². The fraction of sp³-hybridized carbons (Fsp3) is 0.0714. The standard InChI is InChI=1S/C14H11F3N4O4S/c15-14(16,17)10-3-1-2-9(6-10)8-19-20-12-5-4-11(26(18,24)25)7-13(12)21(22)23/h1-8,20H,(H2,18,24,25)/b19-8+. The van der Waals surface area contributed by atoms with Gasteiger partial charge in [-0.3, -0.25) is 15.5 Å². The molecule has 0 saturated heterocycles. The molecule has 0 unspecified atom stereocenters. The molecule has 2 aromatic rings. The second-order valence-corrected chi connectivity index (χ2v) is 6.54. The molecule has 26 heavy (non-hydrogen) atoms. The van der Waals surface area contributed by atoms with Crippen LogP contribution in [0, 0.1) is 10.1 Å². The molecular weight excluding hydrogens is 377 g/mol. The van der Waals surface area contributed by atoms with E-state index in [4.69, 9.17) is 5.14 Å². The minimum absolute atomic E-state index is 0.108. The van der Waals surface area contributed by atoms with Gasteiger partial charge in [-0.25, -0.2) is 13.6 Å². The van der Waals surface area contributed by atoms with Crippen LogP contribution in [0.4, 0.5) is 24.5 Å². The molecule has 3 N–H and O–H groups in total. The Labute approximate surface area is 145 Å². The number of anilines is 1. The fourth-order valence-corrected chi connectivity index (χ4v) is 2.44. The van der Waals surface area contributed by atoms with E-state index >= 15 is 0 Å². The molecule has 0 bridgehead atoms. The predicted molar refractivity (Wildman–Crippen MR) is 87.1 cm³/mol. The molecule has 12 heteroatoms. The quantitative estimate of drug-likeness (QED) is 0.462. The van der Waals surface area contributed by atoms with E-state index in [0.29, 0.717) is 0 Å². The lowest BCUT2D eigenvalue weighted by molar-refractivity contribution is -0.384. The Kier molecular flexibility index (Phi) is 5.28. The molecule has 0 aliphatic heterocycles. The molecule has 2 rings (SSSR count). The summed E-state index contributed by atoms with van der Waals surface area (Å²) in [6.07, 6.45) is -3.48. The number of nitro benzene ring substituents is 1. The van der Waals surface area contributed by atoms with Gasteiger partial charge in [-0.2, -0.15) is 18.3 Å². The van der Waals surface area contributed by atoms with Gasteiger partial charge in [0.05, 0.1) is 21.6 Å². The summed E-state index contributed by atoms with van der Waals surface area (Å²) in [6, 6.07) is 7.14. The summed E-state index contributed by atoms with van der Waals surface area (Å²) in [7, 11) is -4.14. The number of nitrogens with one attached hydrogen (secondary N) is 1. The number of nitrogens with two attached hydrogens (primary N) is 1. The summed E-state index contributed by atoms with van der Waals surface area (Å²) >= 11 is 0. The highest BCUT2D eigenvalue weighted by Crippen LogP contribution is 2.29. The Hall–Kier alpha value is -2.99. The van der Waals surface area contributed by atoms with E-state index in [1.807, 2.05) is 0 Å². The molecule has 0 saturated carbocycles. The van der Waals surface area contributed by atoms with Crippen molar-refractivity contribution in [3.05, 3.63) is 63.7 Å². The topological polar surface area (TPSA) is 128 Å². The van der Waals surface area contributed by atoms with E-state index in [0.717, 1.165) is 36.5 Å². The normalized spacial score (nSPS) is 12.3. The van der Waals surface area contributed by atoms with Crippen LogP contribution in [0.5, 0.6) is 0 Å². The van der Waals surface area contributed by atoms with Gasteiger partial charge in [-0.15, -0.1) is 0 Å². The second-order valence-electron chi connectivity index (χ2n) is 4.97. The molecule has 0 aromatic heterocycles. The second kappa shape index (κ2) is 7.09. The van der Waals surface area contributed by atoms with E-state index < -0.39 is 37.3 Å². The average Bonchev–Trinajstić information content (AvgIpc) is 2.53. The zero-order valence-corrected chi connectivity index (χ0v) is 13.6. The van der Waals surface area contributed by atoms with E-state index in [1.165, 1.54) is 12.1 Å². The minimum atomic E-state index is -4.51. The van der Waals surface area contributed by atoms with E-state index in [9.17, 15) is 31.7 Å². The summed E-state index contributed by atoms with van der Waals surface area (Å²) in [6.45, 7) is 0. The highest BCUT2D eigenvalue weighted by atomic mass is 32.2. The third-order valence-electron chi connectivity index (χ3n) is 3.11. The molecule has 0 heterocycles. The Morgan fingerprint density at radius 2 is 1.88 bits per heavy atom. The van der Waals surface area contributed by atoms with Gasteiger partial charge in [-0.05, 0) is 29.8 Å². The molecule has 0 spiro atoms. The van der Waals surface area contributed by atoms with Gasteiger partial charge in [-0.1, -0.05) is 12.1 Å². The first kappa shape index (κ1) is 19.3. The number of nitrogens with zero attached hydrogens (tertiary/aromatic N) is 2. The number of benzene rings is 2. The first-order valence-electron chi connectivity index (χ1n) is 6.76. The van der Waals surface area contributed by atoms with Crippen LogP contribution in [0.3, 0.4) is 0 Å². The monoisotopic (exact) mass is 388 g/mol. The maximum atomic E-state index is 12.6. The lowest BCUT2D eigenvalue weighted by Gasteiger charge is -2.07. The van der Waals surface area contributed by atoms with Gasteiger partial charge >= 0.3 is 6.18 Å². The van der Waals surface area contributed by atoms with Crippen molar-refractivity contribution < 1.29 is 26.5 Å². The number of alkyl halides is 3. The molecule has 0 atom stereocenters. The Morgan fingerprint density at radius 3 is 2.46 bits per heavy atom. The molecule has 0 aliphatic carbocycles. The summed E-state index contributed by atoms with van der Waals surface area (Å²) in [4.78, 5) is 9.73. The van der Waals surface area contributed by atoms with E-state index in [-0.39, 0.29) is 11.3 Å². The molecule has 0 amide bonds. The van der Waals surface area contributed by atoms with Crippen LogP contribution >= 0.6 is 0 Å². The summed E-state index contributed by atoms with van der Waals surface area (Å²) in [5.74, 6) is 0. The van der Waals surface area contributed by atoms with Crippen LogP contribution in [0.25, 0.3) is 0 Å². The van der Waals surface area contributed by atoms with Crippen molar-refractivity contribution in [2.24, 2.45) is 10.2 Å². The number of hydrogen-bond donors (Lipinski definition) is 2. The molecule has 0 fully saturated rings. The predicted octanol–water partition coefficient (Wildman–Crippen LogP) is 2.71. The lowest BCUT2D eigenvalue weighted by Crippen LogP contribution is -2.12. The summed E-state index contributed by atoms with van der Waals surface area (Å²) in [5.41, 5.74) is 0.753. The summed E-state index contributed by atoms with van der Waals surface area (Å²) < 4.78 is 60.4. The highest BCUT2D eigenvalue weighted by Gasteiger charge is 2.30. The van der Waals surface area contributed by atoms with Gasteiger partial charge < -0.3 is 0 Å². The van der Waals surface area contributed by atoms with Crippen LogP contribution < -0.4 is 10.6 Å². The van der Waals surface area contributed by atoms with Crippen molar-refractivity contribution in [3.63, 3.8) is 0 Å². The first-order chi connectivity index (χ1) is 12.0. The largest absolute Gasteiger partial charge is 0.416 e. The van der Waals surface area contributed by atoms with Crippen LogP contribution in [-0.4, -0.2) is 19.6 Å². The zero-order chi connectivity index (χ0) is 19.5. The zero-order valence-electron chi connectivity index (χ0n) is 12.8. The van der Waals surface area contributed by atoms with E-state index in [2.05, 4.69) is 10.5 Å². The van der Waals surface area contributed by atoms with Crippen molar-refractivity contribution in [1.29, 1.82) is 0 Å². The highest BCUT2D eigenvalue weighted by molar-refractivity contribution is 7.89. The third-order valence-corrected chi connectivity index (χ3v) is 4.02. The maximum absolute atomic E-state index is 12.6. The number of hydrazone groups is 1. The molecule has 0 aliphatic rings. The summed E-state index contributed by atoms with van der Waals surface area (Å²) in [5, 5.41) is 19.6. The molecule has 8 nitrogen and oxygen atoms in total. The van der Waals surface area contributed by atoms with Gasteiger partial charge in [0, 0.05) is 6.07 Å². The number of halogens is 3. The SMILES string of the molecule is NS(=O)(=O)c1ccc(N/N=C/c2cccc(C(F)(F)F)c2)c([N+](=O)[O-])c1. The molecule has 2 aromatic carbocycles. The molecular formula is C14H11F3N4O4S. The van der Waals surface area contributed by atoms with Gasteiger partial charge in [0.25, 0.3) is 5.69 Å². The fourth-order valence-electron chi connectivity index (χ4n) is 1.91. The van der Waals surface area contributed by atoms with E-state index in [1.54, 1.807) is 0 Å². The Morgan fingerprint density at radius 1 is 1.19 bits per heavy atom. The number of primary sulfonamides is 1. The van der Waals surface area contributed by atoms with Crippen molar-refractivity contribution in [3.8, 4) is 0 Å². The maximum Gasteiger partial charge on any atom is 0.416 e. The Bertz CT molecular complexity index is 974. The van der Waals surface area contributed by atoms with Crippen molar-refractivity contribution in [2.75, 3.05) is 5.43 Å². The number of rotatable bonds is 5. The number of hydrogen-bond acceptors (Lipinski definition) is 6. The van der Waals surface area contributed by atoms with Gasteiger partial charge in [0.1, 0.15) is 5.69 Å². The van der Waals surface area contributed by atoms with Crippen LogP contribution in [-0.2, 0) is 16.2 Å². The van der Waals surface area contributed by atoms with Crippen LogP contribution in [0.1, 0.15) is 11.1 Å². The first-order valence-corrected chi connectivity index (χ1v) is 8.31. The van der Waals surface area contributed by atoms with Gasteiger partial charge in [0.2, 0.25) is 10.0 Å². The number of nitro groups is 1. The van der Waals surface area contributed by atoms with Crippen molar-refractivity contribution >= 4 is 27.6 Å². The van der Waals surface area contributed by atoms with Crippen LogP contribution in [0.2, 0.25) is 0 Å². The van der Waals surface area contributed by atoms with Crippen molar-refractivity contribution in [2.45, 2.75) is 11.1 Å². The van der Waals surface area contributed by atoms with Gasteiger partial charge in [0.15, 0.2) is 0 Å². The minimum Gasteiger partial charge on any atom is -0.272 e.